The molecule has 0 aromatic carbocycles. The second-order valence-electron chi connectivity index (χ2n) is 7.80. The summed E-state index contributed by atoms with van der Waals surface area (Å²) in [6.45, 7) is 11.6. The zero-order valence-corrected chi connectivity index (χ0v) is 14.9. The van der Waals surface area contributed by atoms with Crippen molar-refractivity contribution in [3.05, 3.63) is 33.7 Å². The van der Waals surface area contributed by atoms with E-state index < -0.39 is 0 Å². The third-order valence-corrected chi connectivity index (χ3v) is 4.91. The average molecular weight is 304 g/mol. The zero-order valence-electron chi connectivity index (χ0n) is 14.9. The summed E-state index contributed by atoms with van der Waals surface area (Å²) in [5, 5.41) is 3.45. The summed E-state index contributed by atoms with van der Waals surface area (Å²) in [7, 11) is 0. The molecule has 1 saturated carbocycles. The summed E-state index contributed by atoms with van der Waals surface area (Å²) in [6.07, 6.45) is 5.86. The molecule has 0 amide bonds. The molecular weight excluding hydrogens is 272 g/mol. The molecule has 0 radical (unpaired) electrons. The molecule has 2 rings (SSSR count). The Morgan fingerprint density at radius 3 is 2.45 bits per heavy atom. The van der Waals surface area contributed by atoms with Crippen LogP contribution in [0.5, 0.6) is 0 Å². The lowest BCUT2D eigenvalue weighted by Gasteiger charge is -2.28. The van der Waals surface area contributed by atoms with Crippen LogP contribution in [0.2, 0.25) is 0 Å². The summed E-state index contributed by atoms with van der Waals surface area (Å²) in [5.74, 6) is 0. The van der Waals surface area contributed by atoms with Crippen LogP contribution in [0, 0.1) is 0 Å². The normalized spacial score (nSPS) is 17.9. The fraction of sp³-hybridized carbons (Fsp3) is 0.737. The number of nitrogens with one attached hydrogen (secondary N) is 1. The van der Waals surface area contributed by atoms with Gasteiger partial charge in [0, 0.05) is 35.3 Å². The molecule has 1 N–H and O–H groups in total. The first-order valence-electron chi connectivity index (χ1n) is 8.83. The molecule has 22 heavy (non-hydrogen) atoms. The van der Waals surface area contributed by atoms with Gasteiger partial charge in [-0.15, -0.1) is 0 Å². The molecule has 1 unspecified atom stereocenters. The van der Waals surface area contributed by atoms with Crippen LogP contribution in [-0.2, 0) is 12.0 Å². The minimum Gasteiger partial charge on any atom is -0.310 e. The minimum absolute atomic E-state index is 0.00438. The molecule has 1 aromatic heterocycles. The molecule has 1 aliphatic carbocycles. The standard InChI is InChI=1S/C19H32N2O/c1-6-14(2)20-13-15-11-12-17(19(3,4)5)21(18(15)22)16-9-7-8-10-16/h11-12,14,16,20H,6-10,13H2,1-5H3. The highest BCUT2D eigenvalue weighted by Gasteiger charge is 2.26. The summed E-state index contributed by atoms with van der Waals surface area (Å²) < 4.78 is 2.11. The van der Waals surface area contributed by atoms with Crippen LogP contribution < -0.4 is 10.9 Å². The van der Waals surface area contributed by atoms with E-state index in [1.54, 1.807) is 0 Å². The quantitative estimate of drug-likeness (QED) is 0.886. The van der Waals surface area contributed by atoms with E-state index in [0.717, 1.165) is 24.8 Å². The summed E-state index contributed by atoms with van der Waals surface area (Å²) in [4.78, 5) is 13.0. The van der Waals surface area contributed by atoms with Gasteiger partial charge in [0.05, 0.1) is 0 Å². The number of nitrogens with zero attached hydrogens (tertiary/aromatic N) is 1. The number of hydrogen-bond acceptors (Lipinski definition) is 2. The van der Waals surface area contributed by atoms with Gasteiger partial charge in [0.25, 0.3) is 5.56 Å². The number of aromatic nitrogens is 1. The van der Waals surface area contributed by atoms with Gasteiger partial charge in [0.15, 0.2) is 0 Å². The Morgan fingerprint density at radius 1 is 1.27 bits per heavy atom. The Labute approximate surface area is 135 Å². The topological polar surface area (TPSA) is 34.0 Å². The Hall–Kier alpha value is -1.09. The largest absolute Gasteiger partial charge is 0.310 e. The highest BCUT2D eigenvalue weighted by molar-refractivity contribution is 5.22. The van der Waals surface area contributed by atoms with Crippen molar-refractivity contribution < 1.29 is 0 Å². The smallest absolute Gasteiger partial charge is 0.255 e. The van der Waals surface area contributed by atoms with Crippen molar-refractivity contribution in [1.82, 2.24) is 9.88 Å². The molecule has 124 valence electrons. The van der Waals surface area contributed by atoms with Crippen molar-refractivity contribution in [3.63, 3.8) is 0 Å². The first-order valence-corrected chi connectivity index (χ1v) is 8.83. The van der Waals surface area contributed by atoms with Crippen LogP contribution in [-0.4, -0.2) is 10.6 Å². The highest BCUT2D eigenvalue weighted by Crippen LogP contribution is 2.32. The SMILES string of the molecule is CCC(C)NCc1ccc(C(C)(C)C)n(C2CCCC2)c1=O. The second-order valence-corrected chi connectivity index (χ2v) is 7.80. The van der Waals surface area contributed by atoms with E-state index in [9.17, 15) is 4.79 Å². The van der Waals surface area contributed by atoms with Crippen LogP contribution in [0.15, 0.2) is 16.9 Å². The van der Waals surface area contributed by atoms with E-state index in [2.05, 4.69) is 50.6 Å². The molecule has 0 saturated heterocycles. The van der Waals surface area contributed by atoms with E-state index in [-0.39, 0.29) is 11.0 Å². The molecule has 1 fully saturated rings. The Balaban J connectivity index is 2.39. The molecule has 0 bridgehead atoms. The van der Waals surface area contributed by atoms with Gasteiger partial charge in [-0.05, 0) is 32.3 Å². The van der Waals surface area contributed by atoms with Crippen molar-refractivity contribution >= 4 is 0 Å². The Bertz CT molecular complexity index is 548. The number of rotatable bonds is 5. The number of hydrogen-bond donors (Lipinski definition) is 1. The Morgan fingerprint density at radius 2 is 1.91 bits per heavy atom. The molecule has 1 aromatic rings. The minimum atomic E-state index is 0.00438. The highest BCUT2D eigenvalue weighted by atomic mass is 16.1. The monoisotopic (exact) mass is 304 g/mol. The van der Waals surface area contributed by atoms with Crippen molar-refractivity contribution in [2.75, 3.05) is 0 Å². The molecule has 0 aliphatic heterocycles. The lowest BCUT2D eigenvalue weighted by Crippen LogP contribution is -2.36. The maximum atomic E-state index is 13.0. The first-order chi connectivity index (χ1) is 10.3. The fourth-order valence-corrected chi connectivity index (χ4v) is 3.29. The molecule has 1 atom stereocenters. The zero-order chi connectivity index (χ0) is 16.3. The van der Waals surface area contributed by atoms with E-state index in [1.807, 2.05) is 6.07 Å². The van der Waals surface area contributed by atoms with E-state index in [1.165, 1.54) is 18.5 Å². The molecule has 0 spiro atoms. The van der Waals surface area contributed by atoms with Gasteiger partial charge in [0.1, 0.15) is 0 Å². The maximum absolute atomic E-state index is 13.0. The molecular formula is C19H32N2O. The van der Waals surface area contributed by atoms with Crippen molar-refractivity contribution in [1.29, 1.82) is 0 Å². The summed E-state index contributed by atoms with van der Waals surface area (Å²) in [6, 6.07) is 5.05. The van der Waals surface area contributed by atoms with Gasteiger partial charge in [-0.2, -0.15) is 0 Å². The fourth-order valence-electron chi connectivity index (χ4n) is 3.29. The van der Waals surface area contributed by atoms with Gasteiger partial charge >= 0.3 is 0 Å². The van der Waals surface area contributed by atoms with Crippen molar-refractivity contribution in [3.8, 4) is 0 Å². The number of pyridine rings is 1. The molecule has 3 heteroatoms. The van der Waals surface area contributed by atoms with Crippen LogP contribution >= 0.6 is 0 Å². The molecule has 1 aliphatic rings. The average Bonchev–Trinajstić information content (AvgIpc) is 2.98. The van der Waals surface area contributed by atoms with Gasteiger partial charge in [-0.1, -0.05) is 46.6 Å². The van der Waals surface area contributed by atoms with Gasteiger partial charge in [-0.25, -0.2) is 0 Å². The lowest BCUT2D eigenvalue weighted by atomic mass is 9.90. The van der Waals surface area contributed by atoms with Gasteiger partial charge in [0.2, 0.25) is 0 Å². The van der Waals surface area contributed by atoms with Crippen LogP contribution in [0.1, 0.15) is 84.0 Å². The summed E-state index contributed by atoms with van der Waals surface area (Å²) in [5.41, 5.74) is 2.30. The maximum Gasteiger partial charge on any atom is 0.255 e. The van der Waals surface area contributed by atoms with Crippen LogP contribution in [0.25, 0.3) is 0 Å². The van der Waals surface area contributed by atoms with E-state index in [0.29, 0.717) is 18.6 Å². The van der Waals surface area contributed by atoms with E-state index >= 15 is 0 Å². The third-order valence-electron chi connectivity index (χ3n) is 4.91. The predicted octanol–water partition coefficient (Wildman–Crippen LogP) is 4.15. The predicted molar refractivity (Wildman–Crippen MR) is 93.5 cm³/mol. The van der Waals surface area contributed by atoms with Gasteiger partial charge in [-0.3, -0.25) is 4.79 Å². The first kappa shape index (κ1) is 17.3. The van der Waals surface area contributed by atoms with E-state index in [4.69, 9.17) is 0 Å². The van der Waals surface area contributed by atoms with Crippen molar-refractivity contribution in [2.45, 2.75) is 90.8 Å². The molecule has 3 nitrogen and oxygen atoms in total. The Kier molecular flexibility index (Phi) is 5.49. The summed E-state index contributed by atoms with van der Waals surface area (Å²) >= 11 is 0. The second kappa shape index (κ2) is 6.99. The van der Waals surface area contributed by atoms with Gasteiger partial charge < -0.3 is 9.88 Å². The molecule has 1 heterocycles. The van der Waals surface area contributed by atoms with Crippen molar-refractivity contribution in [2.24, 2.45) is 0 Å². The third kappa shape index (κ3) is 3.81. The van der Waals surface area contributed by atoms with Crippen LogP contribution in [0.3, 0.4) is 0 Å². The van der Waals surface area contributed by atoms with Crippen LogP contribution in [0.4, 0.5) is 0 Å². The lowest BCUT2D eigenvalue weighted by molar-refractivity contribution is 0.426.